The monoisotopic (exact) mass is 270 g/mol. The van der Waals surface area contributed by atoms with Gasteiger partial charge < -0.3 is 5.73 Å². The zero-order chi connectivity index (χ0) is 13.9. The Morgan fingerprint density at radius 3 is 2.80 bits per heavy atom. The maximum Gasteiger partial charge on any atom is 0.123 e. The summed E-state index contributed by atoms with van der Waals surface area (Å²) in [5.74, 6) is -0.177. The molecule has 20 heavy (non-hydrogen) atoms. The molecule has 3 heteroatoms. The number of fused-ring (bicyclic) bond motifs is 1. The molecule has 2 N–H and O–H groups in total. The van der Waals surface area contributed by atoms with Gasteiger partial charge in [0.05, 0.1) is 0 Å². The minimum atomic E-state index is -0.177. The van der Waals surface area contributed by atoms with E-state index in [0.29, 0.717) is 6.54 Å². The molecule has 1 heterocycles. The molecule has 0 aliphatic carbocycles. The van der Waals surface area contributed by atoms with Crippen molar-refractivity contribution in [3.8, 4) is 0 Å². The van der Waals surface area contributed by atoms with Gasteiger partial charge in [0.1, 0.15) is 5.82 Å². The van der Waals surface area contributed by atoms with Gasteiger partial charge in [0.2, 0.25) is 0 Å². The summed E-state index contributed by atoms with van der Waals surface area (Å²) in [7, 11) is 0. The first-order valence-electron chi connectivity index (χ1n) is 7.04. The quantitative estimate of drug-likeness (QED) is 0.929. The van der Waals surface area contributed by atoms with Gasteiger partial charge in [-0.2, -0.15) is 0 Å². The highest BCUT2D eigenvalue weighted by Gasteiger charge is 2.25. The van der Waals surface area contributed by atoms with Crippen LogP contribution in [0.15, 0.2) is 48.5 Å². The van der Waals surface area contributed by atoms with Gasteiger partial charge in [0, 0.05) is 25.7 Å². The molecule has 0 amide bonds. The molecule has 3 rings (SSSR count). The number of nitrogens with zero attached hydrogens (tertiary/aromatic N) is 1. The van der Waals surface area contributed by atoms with E-state index >= 15 is 0 Å². The molecule has 0 saturated heterocycles. The molecule has 0 bridgehead atoms. The van der Waals surface area contributed by atoms with Crippen molar-refractivity contribution < 1.29 is 4.39 Å². The third-order valence-corrected chi connectivity index (χ3v) is 4.02. The van der Waals surface area contributed by atoms with Crippen LogP contribution < -0.4 is 5.73 Å². The second-order valence-corrected chi connectivity index (χ2v) is 5.30. The summed E-state index contributed by atoms with van der Waals surface area (Å²) in [6, 6.07) is 15.5. The van der Waals surface area contributed by atoms with E-state index in [1.54, 1.807) is 12.1 Å². The maximum absolute atomic E-state index is 13.3. The average Bonchev–Trinajstić information content (AvgIpc) is 2.47. The molecular weight excluding hydrogens is 251 g/mol. The van der Waals surface area contributed by atoms with Crippen LogP contribution in [-0.2, 0) is 13.0 Å². The maximum atomic E-state index is 13.3. The van der Waals surface area contributed by atoms with Gasteiger partial charge in [-0.25, -0.2) is 4.39 Å². The van der Waals surface area contributed by atoms with E-state index < -0.39 is 0 Å². The van der Waals surface area contributed by atoms with Gasteiger partial charge in [-0.3, -0.25) is 4.90 Å². The van der Waals surface area contributed by atoms with Crippen molar-refractivity contribution in [3.05, 3.63) is 71.0 Å². The predicted molar refractivity (Wildman–Crippen MR) is 78.8 cm³/mol. The van der Waals surface area contributed by atoms with Crippen molar-refractivity contribution in [3.63, 3.8) is 0 Å². The summed E-state index contributed by atoms with van der Waals surface area (Å²) >= 11 is 0. The van der Waals surface area contributed by atoms with Crippen LogP contribution in [0.4, 0.5) is 4.39 Å². The Kier molecular flexibility index (Phi) is 3.81. The van der Waals surface area contributed by atoms with Crippen LogP contribution in [0.5, 0.6) is 0 Å². The number of hydrogen-bond acceptors (Lipinski definition) is 2. The molecule has 1 atom stereocenters. The first-order valence-corrected chi connectivity index (χ1v) is 7.04. The molecule has 1 aliphatic heterocycles. The second kappa shape index (κ2) is 5.73. The minimum absolute atomic E-state index is 0.177. The fraction of sp³-hybridized carbons (Fsp3) is 0.294. The largest absolute Gasteiger partial charge is 0.329 e. The number of rotatable bonds is 3. The number of hydrogen-bond donors (Lipinski definition) is 1. The van der Waals surface area contributed by atoms with Crippen LogP contribution in [0.1, 0.15) is 22.7 Å². The Hall–Kier alpha value is -1.71. The molecule has 0 spiro atoms. The molecule has 0 aromatic heterocycles. The third-order valence-electron chi connectivity index (χ3n) is 4.02. The first-order chi connectivity index (χ1) is 9.78. The van der Waals surface area contributed by atoms with Crippen molar-refractivity contribution in [2.75, 3.05) is 13.1 Å². The summed E-state index contributed by atoms with van der Waals surface area (Å²) in [6.07, 6.45) is 1.03. The highest BCUT2D eigenvalue weighted by Crippen LogP contribution is 2.30. The topological polar surface area (TPSA) is 29.3 Å². The lowest BCUT2D eigenvalue weighted by molar-refractivity contribution is 0.180. The van der Waals surface area contributed by atoms with E-state index in [9.17, 15) is 4.39 Å². The van der Waals surface area contributed by atoms with E-state index in [1.807, 2.05) is 6.07 Å². The molecule has 0 fully saturated rings. The molecule has 0 radical (unpaired) electrons. The Morgan fingerprint density at radius 1 is 1.15 bits per heavy atom. The number of nitrogens with two attached hydrogens (primary N) is 1. The van der Waals surface area contributed by atoms with Gasteiger partial charge in [0.15, 0.2) is 0 Å². The van der Waals surface area contributed by atoms with Gasteiger partial charge >= 0.3 is 0 Å². The Balaban J connectivity index is 1.84. The van der Waals surface area contributed by atoms with Crippen molar-refractivity contribution in [1.29, 1.82) is 0 Å². The Labute approximate surface area is 119 Å². The lowest BCUT2D eigenvalue weighted by atomic mass is 9.92. The Morgan fingerprint density at radius 2 is 2.00 bits per heavy atom. The van der Waals surface area contributed by atoms with Crippen LogP contribution in [-0.4, -0.2) is 18.0 Å². The van der Waals surface area contributed by atoms with E-state index in [0.717, 1.165) is 25.1 Å². The SMILES string of the molecule is NCC1c2ccccc2CCN1Cc1cccc(F)c1. The first kappa shape index (κ1) is 13.3. The summed E-state index contributed by atoms with van der Waals surface area (Å²) in [4.78, 5) is 2.34. The fourth-order valence-electron chi connectivity index (χ4n) is 3.04. The second-order valence-electron chi connectivity index (χ2n) is 5.30. The molecule has 1 unspecified atom stereocenters. The number of benzene rings is 2. The highest BCUT2D eigenvalue weighted by atomic mass is 19.1. The molecule has 2 aromatic carbocycles. The zero-order valence-electron chi connectivity index (χ0n) is 11.4. The molecule has 1 aliphatic rings. The average molecular weight is 270 g/mol. The zero-order valence-corrected chi connectivity index (χ0v) is 11.4. The van der Waals surface area contributed by atoms with E-state index in [2.05, 4.69) is 29.2 Å². The standard InChI is InChI=1S/C17H19FN2/c18-15-6-3-4-13(10-15)12-20-9-8-14-5-1-2-7-16(14)17(20)11-19/h1-7,10,17H,8-9,11-12,19H2. The third kappa shape index (κ3) is 2.60. The van der Waals surface area contributed by atoms with Gasteiger partial charge in [-0.05, 0) is 35.2 Å². The number of halogens is 1. The van der Waals surface area contributed by atoms with Crippen LogP contribution in [0, 0.1) is 5.82 Å². The van der Waals surface area contributed by atoms with Gasteiger partial charge in [-0.1, -0.05) is 36.4 Å². The van der Waals surface area contributed by atoms with E-state index in [1.165, 1.54) is 17.2 Å². The summed E-state index contributed by atoms with van der Waals surface area (Å²) < 4.78 is 13.3. The normalized spacial score (nSPS) is 18.8. The minimum Gasteiger partial charge on any atom is -0.329 e. The van der Waals surface area contributed by atoms with Crippen LogP contribution in [0.25, 0.3) is 0 Å². The molecule has 2 nitrogen and oxygen atoms in total. The van der Waals surface area contributed by atoms with Crippen LogP contribution in [0.2, 0.25) is 0 Å². The molecular formula is C17H19FN2. The van der Waals surface area contributed by atoms with Crippen LogP contribution >= 0.6 is 0 Å². The van der Waals surface area contributed by atoms with E-state index in [4.69, 9.17) is 5.73 Å². The van der Waals surface area contributed by atoms with Crippen LogP contribution in [0.3, 0.4) is 0 Å². The highest BCUT2D eigenvalue weighted by molar-refractivity contribution is 5.33. The summed E-state index contributed by atoms with van der Waals surface area (Å²) in [6.45, 7) is 2.30. The summed E-state index contributed by atoms with van der Waals surface area (Å²) in [5, 5.41) is 0. The molecule has 2 aromatic rings. The smallest absolute Gasteiger partial charge is 0.123 e. The van der Waals surface area contributed by atoms with Crippen molar-refractivity contribution in [1.82, 2.24) is 4.90 Å². The van der Waals surface area contributed by atoms with Gasteiger partial charge in [-0.15, -0.1) is 0 Å². The van der Waals surface area contributed by atoms with Gasteiger partial charge in [0.25, 0.3) is 0 Å². The Bertz CT molecular complexity index is 597. The predicted octanol–water partition coefficient (Wildman–Crippen LogP) is 2.88. The van der Waals surface area contributed by atoms with Crippen molar-refractivity contribution in [2.24, 2.45) is 5.73 Å². The lowest BCUT2D eigenvalue weighted by Crippen LogP contribution is -2.38. The summed E-state index contributed by atoms with van der Waals surface area (Å²) in [5.41, 5.74) is 9.68. The van der Waals surface area contributed by atoms with Crippen molar-refractivity contribution >= 4 is 0 Å². The molecule has 0 saturated carbocycles. The molecule has 104 valence electrons. The fourth-order valence-corrected chi connectivity index (χ4v) is 3.04. The lowest BCUT2D eigenvalue weighted by Gasteiger charge is -2.36. The van der Waals surface area contributed by atoms with E-state index in [-0.39, 0.29) is 11.9 Å². The van der Waals surface area contributed by atoms with Crippen molar-refractivity contribution in [2.45, 2.75) is 19.0 Å².